The second kappa shape index (κ2) is 10.3. The summed E-state index contributed by atoms with van der Waals surface area (Å²) in [5, 5.41) is 10.7. The third-order valence-corrected chi connectivity index (χ3v) is 6.56. The molecule has 0 bridgehead atoms. The monoisotopic (exact) mass is 436 g/mol. The van der Waals surface area contributed by atoms with Gasteiger partial charge in [-0.05, 0) is 31.4 Å². The Morgan fingerprint density at radius 3 is 2.15 bits per heavy atom. The number of nitrogens with zero attached hydrogens (tertiary/aromatic N) is 1. The van der Waals surface area contributed by atoms with Gasteiger partial charge in [-0.2, -0.15) is 0 Å². The summed E-state index contributed by atoms with van der Waals surface area (Å²) in [6, 6.07) is 16.2. The number of rotatable bonds is 4. The van der Waals surface area contributed by atoms with Crippen LogP contribution in [0.2, 0.25) is 0 Å². The van der Waals surface area contributed by atoms with Gasteiger partial charge in [0.1, 0.15) is 0 Å². The molecule has 1 saturated heterocycles. The Bertz CT molecular complexity index is 761. The first kappa shape index (κ1) is 21.3. The Balaban J connectivity index is 0.000000198. The predicted molar refractivity (Wildman–Crippen MR) is 105 cm³/mol. The number of carbonyl (C=O) groups is 1. The molecule has 8 heteroatoms. The minimum atomic E-state index is -4.76. The van der Waals surface area contributed by atoms with E-state index in [0.717, 1.165) is 0 Å². The Hall–Kier alpha value is -2.05. The van der Waals surface area contributed by atoms with E-state index >= 15 is 0 Å². The van der Waals surface area contributed by atoms with Gasteiger partial charge in [-0.3, -0.25) is 0 Å². The van der Waals surface area contributed by atoms with E-state index in [0.29, 0.717) is 5.69 Å². The zero-order valence-electron chi connectivity index (χ0n) is 15.2. The van der Waals surface area contributed by atoms with Crippen molar-refractivity contribution in [1.82, 2.24) is 0 Å². The van der Waals surface area contributed by atoms with Crippen molar-refractivity contribution in [3.05, 3.63) is 54.6 Å². The SMILES string of the molecule is CC(=O)Nc1ccc([As](=O)(O)OO)cc1.c1ccc(N2CCCCC2)cc1. The molecular formula is C19H25AsN2O5. The molecule has 0 saturated carbocycles. The van der Waals surface area contributed by atoms with E-state index in [2.05, 4.69) is 44.4 Å². The largest absolute Gasteiger partial charge is 0.372 e. The number of anilines is 2. The quantitative estimate of drug-likeness (QED) is 0.387. The average Bonchev–Trinajstić information content (AvgIpc) is 2.70. The molecule has 1 heterocycles. The number of nitrogens with one attached hydrogen (secondary N) is 1. The molecule has 1 fully saturated rings. The van der Waals surface area contributed by atoms with Crippen LogP contribution < -0.4 is 14.6 Å². The molecule has 2 aromatic rings. The van der Waals surface area contributed by atoms with Crippen LogP contribution in [0.3, 0.4) is 0 Å². The van der Waals surface area contributed by atoms with Crippen LogP contribution >= 0.6 is 0 Å². The van der Waals surface area contributed by atoms with Crippen molar-refractivity contribution in [2.45, 2.75) is 26.2 Å². The molecule has 0 aliphatic carbocycles. The van der Waals surface area contributed by atoms with E-state index in [1.165, 1.54) is 69.2 Å². The van der Waals surface area contributed by atoms with Crippen LogP contribution in [0.1, 0.15) is 26.2 Å². The fourth-order valence-corrected chi connectivity index (χ4v) is 4.08. The fraction of sp³-hybridized carbons (Fsp3) is 0.316. The summed E-state index contributed by atoms with van der Waals surface area (Å²) in [5.41, 5.74) is 1.89. The summed E-state index contributed by atoms with van der Waals surface area (Å²) in [6.45, 7) is 3.83. The van der Waals surface area contributed by atoms with E-state index in [4.69, 9.17) is 9.35 Å². The average molecular weight is 436 g/mol. The molecule has 3 rings (SSSR count). The van der Waals surface area contributed by atoms with Gasteiger partial charge >= 0.3 is 88.4 Å². The second-order valence-corrected chi connectivity index (χ2v) is 9.82. The van der Waals surface area contributed by atoms with Gasteiger partial charge in [0.25, 0.3) is 0 Å². The third-order valence-electron chi connectivity index (χ3n) is 4.10. The molecule has 0 spiro atoms. The summed E-state index contributed by atoms with van der Waals surface area (Å²) in [7, 11) is 0. The molecule has 0 radical (unpaired) electrons. The normalized spacial score (nSPS) is 15.9. The molecular weight excluding hydrogens is 411 g/mol. The molecule has 146 valence electrons. The topological polar surface area (TPSA) is 99.1 Å². The van der Waals surface area contributed by atoms with Crippen molar-refractivity contribution in [2.75, 3.05) is 23.3 Å². The van der Waals surface area contributed by atoms with Crippen molar-refractivity contribution in [3.8, 4) is 0 Å². The maximum atomic E-state index is 11.2. The summed E-state index contributed by atoms with van der Waals surface area (Å²) < 4.78 is 23.8. The summed E-state index contributed by atoms with van der Waals surface area (Å²) in [4.78, 5) is 13.2. The molecule has 1 atom stereocenters. The maximum absolute atomic E-state index is 11.2. The molecule has 1 aliphatic heterocycles. The van der Waals surface area contributed by atoms with Crippen LogP contribution in [0, 0.1) is 0 Å². The van der Waals surface area contributed by atoms with Crippen LogP contribution in [0.15, 0.2) is 54.6 Å². The second-order valence-electron chi connectivity index (χ2n) is 6.21. The maximum Gasteiger partial charge on any atom is 0.0366 e. The summed E-state index contributed by atoms with van der Waals surface area (Å²) >= 11 is -4.76. The summed E-state index contributed by atoms with van der Waals surface area (Å²) in [5.74, 6) is -0.237. The number of carbonyl (C=O) groups excluding carboxylic acids is 1. The Morgan fingerprint density at radius 1 is 1.04 bits per heavy atom. The van der Waals surface area contributed by atoms with Crippen LogP contribution in [0.25, 0.3) is 0 Å². The first-order valence-electron chi connectivity index (χ1n) is 8.76. The number of benzene rings is 2. The van der Waals surface area contributed by atoms with Crippen LogP contribution in [0.5, 0.6) is 0 Å². The van der Waals surface area contributed by atoms with Gasteiger partial charge in [0, 0.05) is 18.8 Å². The number of para-hydroxylation sites is 1. The predicted octanol–water partition coefficient (Wildman–Crippen LogP) is 2.38. The van der Waals surface area contributed by atoms with Gasteiger partial charge in [0.05, 0.1) is 0 Å². The minimum Gasteiger partial charge on any atom is -0.372 e. The van der Waals surface area contributed by atoms with E-state index in [9.17, 15) is 8.53 Å². The van der Waals surface area contributed by atoms with Crippen LogP contribution in [0.4, 0.5) is 11.4 Å². The van der Waals surface area contributed by atoms with E-state index < -0.39 is 14.2 Å². The molecule has 2 aromatic carbocycles. The number of hydrogen-bond acceptors (Lipinski definition) is 5. The van der Waals surface area contributed by atoms with Crippen molar-refractivity contribution in [3.63, 3.8) is 0 Å². The molecule has 1 aliphatic rings. The van der Waals surface area contributed by atoms with E-state index in [1.54, 1.807) is 0 Å². The van der Waals surface area contributed by atoms with Gasteiger partial charge in [0.2, 0.25) is 0 Å². The standard InChI is InChI=1S/C11H15N.C8H10AsNO5/c1-3-7-11(8-4-1)12-9-5-2-6-10-12;1-6(11)10-8-4-2-7(3-5-8)9(12,13)15-14/h1,3-4,7-8H,2,5-6,9-10H2;2-5,14H,1H3,(H,10,11)(H,12,13). The Kier molecular flexibility index (Phi) is 8.13. The zero-order chi connectivity index (χ0) is 19.7. The number of hydrogen-bond donors (Lipinski definition) is 3. The fourth-order valence-electron chi connectivity index (χ4n) is 2.77. The molecule has 1 unspecified atom stereocenters. The molecule has 7 nitrogen and oxygen atoms in total. The van der Waals surface area contributed by atoms with Gasteiger partial charge in [-0.15, -0.1) is 0 Å². The van der Waals surface area contributed by atoms with Crippen molar-refractivity contribution < 1.29 is 21.8 Å². The van der Waals surface area contributed by atoms with E-state index in [1.807, 2.05) is 0 Å². The smallest absolute Gasteiger partial charge is 0.0366 e. The van der Waals surface area contributed by atoms with Gasteiger partial charge in [-0.1, -0.05) is 18.2 Å². The molecule has 27 heavy (non-hydrogen) atoms. The van der Waals surface area contributed by atoms with Crippen molar-refractivity contribution >= 4 is 35.8 Å². The van der Waals surface area contributed by atoms with Crippen LogP contribution in [-0.4, -0.2) is 42.5 Å². The van der Waals surface area contributed by atoms with E-state index in [-0.39, 0.29) is 10.3 Å². The first-order valence-corrected chi connectivity index (χ1v) is 12.1. The Labute approximate surface area is 161 Å². The first-order chi connectivity index (χ1) is 12.9. The Morgan fingerprint density at radius 2 is 1.63 bits per heavy atom. The summed E-state index contributed by atoms with van der Waals surface area (Å²) in [6.07, 6.45) is 4.12. The minimum absolute atomic E-state index is 0.00438. The molecule has 3 N–H and O–H groups in total. The molecule has 1 amide bonds. The number of piperidine rings is 1. The number of amides is 1. The third kappa shape index (κ3) is 6.88. The van der Waals surface area contributed by atoms with Crippen molar-refractivity contribution in [1.29, 1.82) is 0 Å². The van der Waals surface area contributed by atoms with Gasteiger partial charge in [-0.25, -0.2) is 0 Å². The molecule has 0 aromatic heterocycles. The van der Waals surface area contributed by atoms with Crippen LogP contribution in [-0.2, 0) is 12.4 Å². The zero-order valence-corrected chi connectivity index (χ0v) is 17.1. The van der Waals surface area contributed by atoms with Crippen molar-refractivity contribution in [2.24, 2.45) is 0 Å². The van der Waals surface area contributed by atoms with Gasteiger partial charge < -0.3 is 4.90 Å². The van der Waals surface area contributed by atoms with Gasteiger partial charge in [0.15, 0.2) is 0 Å².